The van der Waals surface area contributed by atoms with Crippen LogP contribution in [0.4, 0.5) is 0 Å². The molecule has 0 radical (unpaired) electrons. The van der Waals surface area contributed by atoms with Gasteiger partial charge < -0.3 is 14.4 Å². The molecule has 0 aliphatic carbocycles. The average Bonchev–Trinajstić information content (AvgIpc) is 3.47. The van der Waals surface area contributed by atoms with Crippen LogP contribution >= 0.6 is 0 Å². The van der Waals surface area contributed by atoms with Crippen molar-refractivity contribution in [2.24, 2.45) is 5.92 Å². The Morgan fingerprint density at radius 2 is 1.88 bits per heavy atom. The van der Waals surface area contributed by atoms with Gasteiger partial charge in [-0.25, -0.2) is 9.75 Å². The maximum atomic E-state index is 13.4. The van der Waals surface area contributed by atoms with E-state index in [4.69, 9.17) is 14.3 Å². The Bertz CT molecular complexity index is 1000. The number of piperidine rings is 1. The van der Waals surface area contributed by atoms with Crippen LogP contribution in [0.25, 0.3) is 5.69 Å². The molecule has 1 spiro atoms. The highest BCUT2D eigenvalue weighted by molar-refractivity contribution is 5.98. The van der Waals surface area contributed by atoms with Gasteiger partial charge in [-0.2, -0.15) is 5.10 Å². The summed E-state index contributed by atoms with van der Waals surface area (Å²) in [5.41, 5.74) is 0.383. The largest absolute Gasteiger partial charge is 0.469 e. The van der Waals surface area contributed by atoms with Gasteiger partial charge in [0.15, 0.2) is 0 Å². The van der Waals surface area contributed by atoms with E-state index in [1.165, 1.54) is 12.2 Å². The first-order valence-corrected chi connectivity index (χ1v) is 10.9. The molecular formula is C23H28N4O6. The molecule has 0 bridgehead atoms. The Labute approximate surface area is 191 Å². The van der Waals surface area contributed by atoms with E-state index in [2.05, 4.69) is 5.10 Å². The Morgan fingerprint density at radius 1 is 1.12 bits per heavy atom. The topological polar surface area (TPSA) is 103 Å². The number of likely N-dealkylation sites (tertiary alicyclic amines) is 1. The third-order valence-corrected chi connectivity index (χ3v) is 6.45. The summed E-state index contributed by atoms with van der Waals surface area (Å²) >= 11 is 0. The van der Waals surface area contributed by atoms with E-state index in [9.17, 15) is 14.4 Å². The molecule has 2 amide bonds. The Kier molecular flexibility index (Phi) is 6.75. The normalized spacial score (nSPS) is 19.8. The van der Waals surface area contributed by atoms with Crippen LogP contribution in [0.2, 0.25) is 0 Å². The molecule has 1 aromatic heterocycles. The first-order valence-electron chi connectivity index (χ1n) is 10.9. The van der Waals surface area contributed by atoms with Gasteiger partial charge in [0, 0.05) is 39.0 Å². The first-order chi connectivity index (χ1) is 16.0. The van der Waals surface area contributed by atoms with E-state index in [1.807, 2.05) is 18.2 Å². The molecule has 0 N–H and O–H groups in total. The van der Waals surface area contributed by atoms with E-state index in [1.54, 1.807) is 41.2 Å². The second-order valence-electron chi connectivity index (χ2n) is 8.16. The minimum Gasteiger partial charge on any atom is -0.469 e. The fourth-order valence-corrected chi connectivity index (χ4v) is 4.78. The number of carbonyl (C=O) groups is 3. The highest BCUT2D eigenvalue weighted by Crippen LogP contribution is 2.44. The quantitative estimate of drug-likeness (QED) is 0.459. The van der Waals surface area contributed by atoms with Crippen molar-refractivity contribution in [3.05, 3.63) is 48.3 Å². The second kappa shape index (κ2) is 9.72. The summed E-state index contributed by atoms with van der Waals surface area (Å²) in [5.74, 6) is -1.47. The molecule has 2 saturated heterocycles. The predicted octanol–water partition coefficient (Wildman–Crippen LogP) is 1.45. The number of esters is 1. The molecular weight excluding hydrogens is 428 g/mol. The number of benzene rings is 1. The summed E-state index contributed by atoms with van der Waals surface area (Å²) in [6.07, 6.45) is 4.28. The zero-order valence-corrected chi connectivity index (χ0v) is 18.8. The molecule has 4 rings (SSSR count). The van der Waals surface area contributed by atoms with Crippen molar-refractivity contribution in [1.29, 1.82) is 0 Å². The number of nitrogens with zero attached hydrogens (tertiary/aromatic N) is 4. The molecule has 10 nitrogen and oxygen atoms in total. The molecule has 0 saturated carbocycles. The van der Waals surface area contributed by atoms with E-state index in [-0.39, 0.29) is 24.8 Å². The molecule has 2 aromatic rings. The molecule has 33 heavy (non-hydrogen) atoms. The van der Waals surface area contributed by atoms with Gasteiger partial charge in [-0.3, -0.25) is 19.2 Å². The summed E-state index contributed by atoms with van der Waals surface area (Å²) in [4.78, 5) is 46.2. The molecule has 3 heterocycles. The van der Waals surface area contributed by atoms with E-state index >= 15 is 0 Å². The smallest absolute Gasteiger partial charge is 0.311 e. The lowest BCUT2D eigenvalue weighted by Crippen LogP contribution is -2.58. The van der Waals surface area contributed by atoms with Gasteiger partial charge in [0.1, 0.15) is 0 Å². The van der Waals surface area contributed by atoms with Crippen molar-refractivity contribution in [2.75, 3.05) is 40.5 Å². The molecule has 1 aromatic carbocycles. The summed E-state index contributed by atoms with van der Waals surface area (Å²) in [7, 11) is 2.87. The van der Waals surface area contributed by atoms with E-state index < -0.39 is 17.4 Å². The predicted molar refractivity (Wildman–Crippen MR) is 116 cm³/mol. The number of amides is 2. The highest BCUT2D eigenvalue weighted by Gasteiger charge is 2.58. The zero-order valence-electron chi connectivity index (χ0n) is 18.8. The average molecular weight is 456 g/mol. The third-order valence-electron chi connectivity index (χ3n) is 6.45. The Morgan fingerprint density at radius 3 is 2.55 bits per heavy atom. The molecule has 10 heteroatoms. The number of ether oxygens (including phenoxy) is 2. The van der Waals surface area contributed by atoms with Crippen molar-refractivity contribution in [1.82, 2.24) is 19.7 Å². The van der Waals surface area contributed by atoms with E-state index in [0.717, 1.165) is 0 Å². The number of carbonyl (C=O) groups excluding carboxylic acids is 3. The number of rotatable bonds is 7. The fraction of sp³-hybridized carbons (Fsp3) is 0.478. The Balaban J connectivity index is 1.55. The first kappa shape index (κ1) is 22.9. The second-order valence-corrected chi connectivity index (χ2v) is 8.16. The van der Waals surface area contributed by atoms with Crippen LogP contribution in [0, 0.1) is 5.92 Å². The van der Waals surface area contributed by atoms with Crippen LogP contribution < -0.4 is 0 Å². The van der Waals surface area contributed by atoms with Crippen molar-refractivity contribution >= 4 is 17.8 Å². The van der Waals surface area contributed by atoms with Crippen LogP contribution in [-0.2, 0) is 23.9 Å². The maximum absolute atomic E-state index is 13.4. The lowest BCUT2D eigenvalue weighted by Gasteiger charge is -2.45. The number of hydrogen-bond acceptors (Lipinski definition) is 7. The highest BCUT2D eigenvalue weighted by atomic mass is 16.7. The van der Waals surface area contributed by atoms with Crippen LogP contribution in [0.1, 0.15) is 29.6 Å². The minimum atomic E-state index is -0.851. The third kappa shape index (κ3) is 4.23. The van der Waals surface area contributed by atoms with Gasteiger partial charge in [-0.05, 0) is 31.0 Å². The number of aromatic nitrogens is 2. The Hall–Kier alpha value is -3.24. The van der Waals surface area contributed by atoms with Crippen molar-refractivity contribution in [2.45, 2.75) is 24.8 Å². The van der Waals surface area contributed by atoms with Crippen LogP contribution in [0.5, 0.6) is 0 Å². The molecule has 1 atom stereocenters. The van der Waals surface area contributed by atoms with E-state index in [0.29, 0.717) is 43.8 Å². The lowest BCUT2D eigenvalue weighted by molar-refractivity contribution is -0.226. The maximum Gasteiger partial charge on any atom is 0.311 e. The van der Waals surface area contributed by atoms with Crippen LogP contribution in [0.15, 0.2) is 42.7 Å². The number of methoxy groups -OCH3 is 2. The summed E-state index contributed by atoms with van der Waals surface area (Å²) in [6.45, 7) is 1.25. The van der Waals surface area contributed by atoms with Gasteiger partial charge in [0.2, 0.25) is 5.91 Å². The fourth-order valence-electron chi connectivity index (χ4n) is 4.78. The standard InChI is InChI=1S/C23H28N4O6/c1-31-14-15-33-27-20(28)16-18(22(30)32-2)23(27)8-12-25(13-9-23)21(29)17-6-3-4-7-19(17)26-11-5-10-24-26/h3-7,10-11,18H,8-9,12-16H2,1-2H3. The van der Waals surface area contributed by atoms with Crippen molar-refractivity contribution in [3.63, 3.8) is 0 Å². The summed E-state index contributed by atoms with van der Waals surface area (Å²) in [6, 6.07) is 9.10. The monoisotopic (exact) mass is 456 g/mol. The van der Waals surface area contributed by atoms with Gasteiger partial charge in [-0.15, -0.1) is 0 Å². The molecule has 2 aliphatic heterocycles. The number of hydroxylamine groups is 2. The van der Waals surface area contributed by atoms with Crippen LogP contribution in [-0.4, -0.2) is 83.6 Å². The summed E-state index contributed by atoms with van der Waals surface area (Å²) < 4.78 is 11.7. The number of hydrogen-bond donors (Lipinski definition) is 0. The minimum absolute atomic E-state index is 0.0235. The summed E-state index contributed by atoms with van der Waals surface area (Å²) in [5, 5.41) is 5.59. The lowest BCUT2D eigenvalue weighted by atomic mass is 9.77. The van der Waals surface area contributed by atoms with Crippen LogP contribution in [0.3, 0.4) is 0 Å². The van der Waals surface area contributed by atoms with Gasteiger partial charge in [0.05, 0.1) is 43.0 Å². The number of para-hydroxylation sites is 1. The van der Waals surface area contributed by atoms with Gasteiger partial charge in [-0.1, -0.05) is 12.1 Å². The van der Waals surface area contributed by atoms with Gasteiger partial charge in [0.25, 0.3) is 5.91 Å². The van der Waals surface area contributed by atoms with Gasteiger partial charge >= 0.3 is 5.97 Å². The SMILES string of the molecule is COCCON1C(=O)CC(C(=O)OC)C12CCN(C(=O)c1ccccc1-n1cccn1)CC2. The molecule has 176 valence electrons. The van der Waals surface area contributed by atoms with Crippen molar-refractivity contribution < 1.29 is 28.7 Å². The zero-order chi connectivity index (χ0) is 23.4. The molecule has 2 aliphatic rings. The van der Waals surface area contributed by atoms with Crippen molar-refractivity contribution in [3.8, 4) is 5.69 Å². The molecule has 1 unspecified atom stereocenters. The molecule has 2 fully saturated rings.